The summed E-state index contributed by atoms with van der Waals surface area (Å²) in [7, 11) is 1.79. The van der Waals surface area contributed by atoms with Crippen molar-refractivity contribution in [3.8, 4) is 0 Å². The summed E-state index contributed by atoms with van der Waals surface area (Å²) in [6.45, 7) is 6.80. The van der Waals surface area contributed by atoms with E-state index in [-0.39, 0.29) is 0 Å². The third-order valence-corrected chi connectivity index (χ3v) is 2.58. The van der Waals surface area contributed by atoms with Crippen molar-refractivity contribution in [2.45, 2.75) is 18.9 Å². The van der Waals surface area contributed by atoms with Gasteiger partial charge in [-0.3, -0.25) is 0 Å². The van der Waals surface area contributed by atoms with Crippen LogP contribution in [-0.2, 0) is 4.74 Å². The molecule has 0 radical (unpaired) electrons. The molecule has 2 aliphatic heterocycles. The van der Waals surface area contributed by atoms with E-state index in [4.69, 9.17) is 4.74 Å². The average molecular weight is 201 g/mol. The van der Waals surface area contributed by atoms with Crippen LogP contribution < -0.4 is 16.0 Å². The monoisotopic (exact) mass is 201 g/mol. The van der Waals surface area contributed by atoms with Crippen LogP contribution in [0.4, 0.5) is 0 Å². The number of ether oxygens (including phenoxy) is 1. The van der Waals surface area contributed by atoms with Crippen LogP contribution >= 0.6 is 0 Å². The fraction of sp³-hybridized carbons (Fsp3) is 1.00. The van der Waals surface area contributed by atoms with Crippen molar-refractivity contribution in [1.29, 1.82) is 0 Å². The molecule has 0 saturated carbocycles. The Kier molecular flexibility index (Phi) is 6.95. The summed E-state index contributed by atoms with van der Waals surface area (Å²) in [5, 5.41) is 9.71. The number of piperidine rings is 1. The first-order valence-corrected chi connectivity index (χ1v) is 5.58. The van der Waals surface area contributed by atoms with E-state index in [1.165, 1.54) is 12.8 Å². The normalized spacial score (nSPS) is 23.8. The summed E-state index contributed by atoms with van der Waals surface area (Å²) in [5.41, 5.74) is 0. The maximum Gasteiger partial charge on any atom is 0.0595 e. The number of piperazine rings is 1. The minimum absolute atomic E-state index is 0.524. The molecule has 2 aliphatic rings. The zero-order chi connectivity index (χ0) is 10.1. The molecule has 0 aromatic rings. The number of methoxy groups -OCH3 is 1. The topological polar surface area (TPSA) is 45.3 Å². The Labute approximate surface area is 86.8 Å². The van der Waals surface area contributed by atoms with Gasteiger partial charge in [0.25, 0.3) is 0 Å². The fourth-order valence-electron chi connectivity index (χ4n) is 1.63. The molecule has 2 rings (SSSR count). The standard InChI is InChI=1S/C6H13NO.C4H10N2/c1-8-6-2-4-7-5-3-6;1-2-6-4-3-5-1/h6-7H,2-5H2,1H3;5-6H,1-4H2. The molecule has 0 aliphatic carbocycles. The summed E-state index contributed by atoms with van der Waals surface area (Å²) < 4.78 is 5.15. The van der Waals surface area contributed by atoms with Crippen LogP contribution in [0.3, 0.4) is 0 Å². The van der Waals surface area contributed by atoms with Crippen molar-refractivity contribution in [1.82, 2.24) is 16.0 Å². The van der Waals surface area contributed by atoms with Crippen LogP contribution in [-0.4, -0.2) is 52.5 Å². The average Bonchev–Trinajstić information content (AvgIpc) is 2.33. The lowest BCUT2D eigenvalue weighted by atomic mass is 10.1. The highest BCUT2D eigenvalue weighted by Gasteiger charge is 2.09. The summed E-state index contributed by atoms with van der Waals surface area (Å²) in [6.07, 6.45) is 2.88. The first-order chi connectivity index (χ1) is 6.93. The molecule has 0 atom stereocenters. The molecule has 2 heterocycles. The highest BCUT2D eigenvalue weighted by atomic mass is 16.5. The molecule has 0 aromatic heterocycles. The Morgan fingerprint density at radius 1 is 0.786 bits per heavy atom. The smallest absolute Gasteiger partial charge is 0.0595 e. The van der Waals surface area contributed by atoms with Gasteiger partial charge < -0.3 is 20.7 Å². The lowest BCUT2D eigenvalue weighted by Crippen LogP contribution is -2.39. The third kappa shape index (κ3) is 5.54. The number of nitrogens with one attached hydrogen (secondary N) is 3. The second-order valence-corrected chi connectivity index (χ2v) is 3.69. The molecule has 0 aromatic carbocycles. The lowest BCUT2D eigenvalue weighted by molar-refractivity contribution is 0.0765. The van der Waals surface area contributed by atoms with E-state index in [1.807, 2.05) is 0 Å². The third-order valence-electron chi connectivity index (χ3n) is 2.58. The predicted octanol–water partition coefficient (Wildman–Crippen LogP) is -0.436. The lowest BCUT2D eigenvalue weighted by Gasteiger charge is -2.20. The van der Waals surface area contributed by atoms with Crippen LogP contribution in [0, 0.1) is 0 Å². The molecular formula is C10H23N3O. The Morgan fingerprint density at radius 3 is 1.50 bits per heavy atom. The molecule has 14 heavy (non-hydrogen) atoms. The van der Waals surface area contributed by atoms with Gasteiger partial charge in [0.15, 0.2) is 0 Å². The maximum absolute atomic E-state index is 5.15. The highest BCUT2D eigenvalue weighted by Crippen LogP contribution is 2.04. The van der Waals surface area contributed by atoms with Crippen LogP contribution in [0.1, 0.15) is 12.8 Å². The molecule has 0 unspecified atom stereocenters. The van der Waals surface area contributed by atoms with E-state index >= 15 is 0 Å². The molecular weight excluding hydrogens is 178 g/mol. The van der Waals surface area contributed by atoms with Crippen molar-refractivity contribution in [2.24, 2.45) is 0 Å². The Morgan fingerprint density at radius 2 is 1.21 bits per heavy atom. The minimum Gasteiger partial charge on any atom is -0.381 e. The molecule has 0 amide bonds. The highest BCUT2D eigenvalue weighted by molar-refractivity contribution is 4.66. The van der Waals surface area contributed by atoms with E-state index in [2.05, 4.69) is 16.0 Å². The van der Waals surface area contributed by atoms with Crippen molar-refractivity contribution in [3.05, 3.63) is 0 Å². The Bertz CT molecular complexity index is 111. The maximum atomic E-state index is 5.15. The zero-order valence-electron chi connectivity index (χ0n) is 9.14. The molecule has 3 N–H and O–H groups in total. The fourth-order valence-corrected chi connectivity index (χ4v) is 1.63. The van der Waals surface area contributed by atoms with Crippen molar-refractivity contribution >= 4 is 0 Å². The van der Waals surface area contributed by atoms with E-state index in [9.17, 15) is 0 Å². The quantitative estimate of drug-likeness (QED) is 0.538. The minimum atomic E-state index is 0.524. The molecule has 84 valence electrons. The summed E-state index contributed by atoms with van der Waals surface area (Å²) in [4.78, 5) is 0. The van der Waals surface area contributed by atoms with Crippen molar-refractivity contribution in [3.63, 3.8) is 0 Å². The molecule has 4 heteroatoms. The van der Waals surface area contributed by atoms with Gasteiger partial charge in [0, 0.05) is 33.3 Å². The first kappa shape index (κ1) is 11.9. The van der Waals surface area contributed by atoms with Gasteiger partial charge in [-0.25, -0.2) is 0 Å². The number of hydrogen-bond donors (Lipinski definition) is 3. The molecule has 0 bridgehead atoms. The van der Waals surface area contributed by atoms with Gasteiger partial charge in [-0.1, -0.05) is 0 Å². The molecule has 2 saturated heterocycles. The van der Waals surface area contributed by atoms with E-state index in [0.29, 0.717) is 6.10 Å². The van der Waals surface area contributed by atoms with Gasteiger partial charge in [0.05, 0.1) is 6.10 Å². The summed E-state index contributed by atoms with van der Waals surface area (Å²) >= 11 is 0. The van der Waals surface area contributed by atoms with Crippen LogP contribution in [0.2, 0.25) is 0 Å². The second kappa shape index (κ2) is 8.17. The van der Waals surface area contributed by atoms with Crippen molar-refractivity contribution in [2.75, 3.05) is 46.4 Å². The van der Waals surface area contributed by atoms with E-state index in [1.54, 1.807) is 7.11 Å². The van der Waals surface area contributed by atoms with Crippen LogP contribution in [0.25, 0.3) is 0 Å². The van der Waals surface area contributed by atoms with Gasteiger partial charge in [0.1, 0.15) is 0 Å². The zero-order valence-corrected chi connectivity index (χ0v) is 9.14. The molecule has 0 spiro atoms. The predicted molar refractivity (Wildman–Crippen MR) is 58.6 cm³/mol. The van der Waals surface area contributed by atoms with E-state index < -0.39 is 0 Å². The largest absolute Gasteiger partial charge is 0.381 e. The summed E-state index contributed by atoms with van der Waals surface area (Å²) in [5.74, 6) is 0. The first-order valence-electron chi connectivity index (χ1n) is 5.58. The van der Waals surface area contributed by atoms with Gasteiger partial charge in [-0.15, -0.1) is 0 Å². The van der Waals surface area contributed by atoms with Gasteiger partial charge in [-0.2, -0.15) is 0 Å². The van der Waals surface area contributed by atoms with Gasteiger partial charge in [-0.05, 0) is 25.9 Å². The molecule has 4 nitrogen and oxygen atoms in total. The van der Waals surface area contributed by atoms with Crippen LogP contribution in [0.5, 0.6) is 0 Å². The number of hydrogen-bond acceptors (Lipinski definition) is 4. The number of rotatable bonds is 1. The molecule has 2 fully saturated rings. The SMILES string of the molecule is C1CNCCN1.COC1CCNCC1. The van der Waals surface area contributed by atoms with Crippen LogP contribution in [0.15, 0.2) is 0 Å². The van der Waals surface area contributed by atoms with Crippen molar-refractivity contribution < 1.29 is 4.74 Å². The van der Waals surface area contributed by atoms with E-state index in [0.717, 1.165) is 39.3 Å². The summed E-state index contributed by atoms with van der Waals surface area (Å²) in [6, 6.07) is 0. The van der Waals surface area contributed by atoms with Gasteiger partial charge >= 0.3 is 0 Å². The second-order valence-electron chi connectivity index (χ2n) is 3.69. The Hall–Kier alpha value is -0.160. The Balaban J connectivity index is 0.000000146. The van der Waals surface area contributed by atoms with Gasteiger partial charge in [0.2, 0.25) is 0 Å².